The quantitative estimate of drug-likeness (QED) is 0.803. The fourth-order valence-electron chi connectivity index (χ4n) is 1.68. The van der Waals surface area contributed by atoms with Crippen LogP contribution in [0.25, 0.3) is 11.1 Å². The third kappa shape index (κ3) is 4.03. The molecule has 0 aliphatic rings. The summed E-state index contributed by atoms with van der Waals surface area (Å²) in [7, 11) is -3.15. The number of fused-ring (bicyclic) bond motifs is 1. The Morgan fingerprint density at radius 1 is 1.35 bits per heavy atom. The molecule has 0 saturated heterocycles. The Bertz CT molecular complexity index is 633. The predicted molar refractivity (Wildman–Crippen MR) is 77.8 cm³/mol. The molecule has 0 radical (unpaired) electrons. The monoisotopic (exact) mass is 297 g/mol. The molecule has 0 aliphatic carbocycles. The molecule has 7 heteroatoms. The highest BCUT2D eigenvalue weighted by atomic mass is 32.2. The maximum atomic E-state index is 11.3. The lowest BCUT2D eigenvalue weighted by Gasteiger charge is -2.13. The maximum absolute atomic E-state index is 11.3. The number of benzene rings is 1. The van der Waals surface area contributed by atoms with E-state index in [1.165, 1.54) is 0 Å². The van der Waals surface area contributed by atoms with Crippen molar-refractivity contribution >= 4 is 21.1 Å². The molecule has 2 N–H and O–H groups in total. The topological polar surface area (TPSA) is 84.2 Å². The second kappa shape index (κ2) is 6.34. The van der Waals surface area contributed by atoms with E-state index >= 15 is 0 Å². The van der Waals surface area contributed by atoms with Gasteiger partial charge in [0.1, 0.15) is 5.52 Å². The zero-order valence-corrected chi connectivity index (χ0v) is 12.4. The minimum atomic E-state index is -3.15. The molecule has 6 nitrogen and oxygen atoms in total. The second-order valence-corrected chi connectivity index (χ2v) is 6.70. The number of para-hydroxylation sites is 2. The minimum absolute atomic E-state index is 0.00802. The molecule has 1 aromatic heterocycles. The van der Waals surface area contributed by atoms with Crippen molar-refractivity contribution in [2.75, 3.05) is 12.3 Å². The van der Waals surface area contributed by atoms with E-state index in [4.69, 9.17) is 4.42 Å². The normalized spacial score (nSPS) is 13.7. The number of nitrogens with zero attached hydrogens (tertiary/aromatic N) is 1. The summed E-state index contributed by atoms with van der Waals surface area (Å²) in [5.41, 5.74) is 1.58. The van der Waals surface area contributed by atoms with Gasteiger partial charge in [0, 0.05) is 12.6 Å². The first-order valence-electron chi connectivity index (χ1n) is 6.55. The first-order chi connectivity index (χ1) is 9.50. The highest BCUT2D eigenvalue weighted by Gasteiger charge is 2.10. The van der Waals surface area contributed by atoms with E-state index in [2.05, 4.69) is 15.0 Å². The Balaban J connectivity index is 1.85. The van der Waals surface area contributed by atoms with E-state index in [0.717, 1.165) is 11.1 Å². The fraction of sp³-hybridized carbons (Fsp3) is 0.462. The van der Waals surface area contributed by atoms with Crippen LogP contribution in [0, 0.1) is 0 Å². The standard InChI is InChI=1S/C13H19N3O3S/c1-3-20(17,18)15-8-10(2)14-9-13-16-11-6-4-5-7-12(11)19-13/h4-7,10,14-15H,3,8-9H2,1-2H3/t10-/m1/s1. The molecule has 110 valence electrons. The lowest BCUT2D eigenvalue weighted by atomic mass is 10.3. The van der Waals surface area contributed by atoms with Gasteiger partial charge in [-0.15, -0.1) is 0 Å². The third-order valence-corrected chi connectivity index (χ3v) is 4.30. The molecular weight excluding hydrogens is 278 g/mol. The van der Waals surface area contributed by atoms with Crippen LogP contribution in [0.4, 0.5) is 0 Å². The first-order valence-corrected chi connectivity index (χ1v) is 8.20. The highest BCUT2D eigenvalue weighted by molar-refractivity contribution is 7.89. The fourth-order valence-corrected chi connectivity index (χ4v) is 2.39. The van der Waals surface area contributed by atoms with Gasteiger partial charge in [-0.1, -0.05) is 12.1 Å². The molecular formula is C13H19N3O3S. The van der Waals surface area contributed by atoms with E-state index in [-0.39, 0.29) is 11.8 Å². The second-order valence-electron chi connectivity index (χ2n) is 4.61. The van der Waals surface area contributed by atoms with Crippen LogP contribution in [0.5, 0.6) is 0 Å². The van der Waals surface area contributed by atoms with Crippen LogP contribution in [0.2, 0.25) is 0 Å². The Morgan fingerprint density at radius 3 is 2.80 bits per heavy atom. The van der Waals surface area contributed by atoms with Crippen molar-refractivity contribution in [1.29, 1.82) is 0 Å². The van der Waals surface area contributed by atoms with Crippen LogP contribution < -0.4 is 10.0 Å². The number of hydrogen-bond donors (Lipinski definition) is 2. The zero-order valence-electron chi connectivity index (χ0n) is 11.6. The average Bonchev–Trinajstić information content (AvgIpc) is 2.86. The van der Waals surface area contributed by atoms with Gasteiger partial charge in [0.15, 0.2) is 5.58 Å². The van der Waals surface area contributed by atoms with Gasteiger partial charge in [-0.25, -0.2) is 18.1 Å². The highest BCUT2D eigenvalue weighted by Crippen LogP contribution is 2.14. The van der Waals surface area contributed by atoms with Crippen molar-refractivity contribution in [3.8, 4) is 0 Å². The SMILES string of the molecule is CCS(=O)(=O)NC[C@@H](C)NCc1nc2ccccc2o1. The van der Waals surface area contributed by atoms with Crippen molar-refractivity contribution in [1.82, 2.24) is 15.0 Å². The number of sulfonamides is 1. The Morgan fingerprint density at radius 2 is 2.10 bits per heavy atom. The molecule has 0 spiro atoms. The molecule has 0 saturated carbocycles. The molecule has 0 amide bonds. The molecule has 20 heavy (non-hydrogen) atoms. The van der Waals surface area contributed by atoms with Gasteiger partial charge in [-0.3, -0.25) is 0 Å². The van der Waals surface area contributed by atoms with Gasteiger partial charge in [-0.05, 0) is 26.0 Å². The van der Waals surface area contributed by atoms with Crippen LogP contribution in [0.15, 0.2) is 28.7 Å². The summed E-state index contributed by atoms with van der Waals surface area (Å²) in [4.78, 5) is 4.34. The summed E-state index contributed by atoms with van der Waals surface area (Å²) in [5, 5.41) is 3.17. The van der Waals surface area contributed by atoms with Gasteiger partial charge in [0.05, 0.1) is 12.3 Å². The molecule has 0 unspecified atom stereocenters. The number of aromatic nitrogens is 1. The van der Waals surface area contributed by atoms with Crippen molar-refractivity contribution in [2.45, 2.75) is 26.4 Å². The molecule has 1 heterocycles. The molecule has 0 fully saturated rings. The minimum Gasteiger partial charge on any atom is -0.439 e. The molecule has 1 atom stereocenters. The molecule has 2 aromatic rings. The Labute approximate surface area is 118 Å². The number of hydrogen-bond acceptors (Lipinski definition) is 5. The smallest absolute Gasteiger partial charge is 0.211 e. The van der Waals surface area contributed by atoms with Gasteiger partial charge in [-0.2, -0.15) is 0 Å². The molecule has 1 aromatic carbocycles. The predicted octanol–water partition coefficient (Wildman–Crippen LogP) is 1.25. The first kappa shape index (κ1) is 15.0. The van der Waals surface area contributed by atoms with E-state index in [1.807, 2.05) is 31.2 Å². The zero-order chi connectivity index (χ0) is 14.6. The molecule has 2 rings (SSSR count). The van der Waals surface area contributed by atoms with Gasteiger partial charge in [0.2, 0.25) is 15.9 Å². The number of oxazole rings is 1. The van der Waals surface area contributed by atoms with Gasteiger partial charge < -0.3 is 9.73 Å². The summed E-state index contributed by atoms with van der Waals surface area (Å²) in [6.07, 6.45) is 0. The lowest BCUT2D eigenvalue weighted by molar-refractivity contribution is 0.456. The van der Waals surface area contributed by atoms with Crippen LogP contribution in [-0.2, 0) is 16.6 Å². The van der Waals surface area contributed by atoms with Crippen LogP contribution in [-0.4, -0.2) is 31.7 Å². The number of rotatable bonds is 7. The van der Waals surface area contributed by atoms with Crippen molar-refractivity contribution in [3.05, 3.63) is 30.2 Å². The summed E-state index contributed by atoms with van der Waals surface area (Å²) in [5.74, 6) is 0.682. The van der Waals surface area contributed by atoms with E-state index in [0.29, 0.717) is 19.0 Å². The Hall–Kier alpha value is -1.44. The summed E-state index contributed by atoms with van der Waals surface area (Å²) in [6, 6.07) is 7.55. The van der Waals surface area contributed by atoms with Gasteiger partial charge in [0.25, 0.3) is 0 Å². The Kier molecular flexibility index (Phi) is 4.74. The third-order valence-electron chi connectivity index (χ3n) is 2.93. The van der Waals surface area contributed by atoms with Crippen LogP contribution in [0.3, 0.4) is 0 Å². The average molecular weight is 297 g/mol. The lowest BCUT2D eigenvalue weighted by Crippen LogP contribution is -2.39. The largest absolute Gasteiger partial charge is 0.439 e. The van der Waals surface area contributed by atoms with Crippen molar-refractivity contribution in [2.24, 2.45) is 0 Å². The van der Waals surface area contributed by atoms with Crippen molar-refractivity contribution in [3.63, 3.8) is 0 Å². The van der Waals surface area contributed by atoms with E-state index in [1.54, 1.807) is 6.92 Å². The molecule has 0 aliphatic heterocycles. The van der Waals surface area contributed by atoms with Gasteiger partial charge >= 0.3 is 0 Å². The van der Waals surface area contributed by atoms with E-state index in [9.17, 15) is 8.42 Å². The maximum Gasteiger partial charge on any atom is 0.211 e. The summed E-state index contributed by atoms with van der Waals surface area (Å²) < 4.78 is 30.8. The van der Waals surface area contributed by atoms with Crippen LogP contribution in [0.1, 0.15) is 19.7 Å². The van der Waals surface area contributed by atoms with Crippen LogP contribution >= 0.6 is 0 Å². The number of nitrogens with one attached hydrogen (secondary N) is 2. The van der Waals surface area contributed by atoms with Crippen molar-refractivity contribution < 1.29 is 12.8 Å². The van der Waals surface area contributed by atoms with E-state index < -0.39 is 10.0 Å². The summed E-state index contributed by atoms with van der Waals surface area (Å²) >= 11 is 0. The molecule has 0 bridgehead atoms. The summed E-state index contributed by atoms with van der Waals surface area (Å²) in [6.45, 7) is 4.32.